The molecule has 78 valence electrons. The Morgan fingerprint density at radius 2 is 2.07 bits per heavy atom. The number of anilines is 2. The lowest BCUT2D eigenvalue weighted by atomic mass is 9.97. The van der Waals surface area contributed by atoms with Crippen molar-refractivity contribution in [2.45, 2.75) is 27.7 Å². The number of nitrogens with two attached hydrogens (primary N) is 1. The summed E-state index contributed by atoms with van der Waals surface area (Å²) in [4.78, 5) is 4.24. The molecule has 0 saturated heterocycles. The number of nitrogen functional groups attached to an aromatic ring is 1. The molecule has 1 heterocycles. The van der Waals surface area contributed by atoms with Crippen molar-refractivity contribution in [3.63, 3.8) is 0 Å². The van der Waals surface area contributed by atoms with Gasteiger partial charge in [-0.2, -0.15) is 0 Å². The van der Waals surface area contributed by atoms with E-state index in [1.54, 1.807) is 0 Å². The van der Waals surface area contributed by atoms with Gasteiger partial charge >= 0.3 is 0 Å². The van der Waals surface area contributed by atoms with Crippen LogP contribution in [0.3, 0.4) is 0 Å². The number of hydrogen-bond donors (Lipinski definition) is 2. The monoisotopic (exact) mass is 193 g/mol. The Balaban J connectivity index is 2.68. The van der Waals surface area contributed by atoms with E-state index in [4.69, 9.17) is 5.73 Å². The minimum absolute atomic E-state index is 0.235. The van der Waals surface area contributed by atoms with Crippen LogP contribution in [0.25, 0.3) is 0 Å². The van der Waals surface area contributed by atoms with Crippen LogP contribution in [0, 0.1) is 12.3 Å². The average molecular weight is 193 g/mol. The molecule has 0 saturated carbocycles. The topological polar surface area (TPSA) is 50.9 Å². The van der Waals surface area contributed by atoms with Gasteiger partial charge < -0.3 is 11.1 Å². The van der Waals surface area contributed by atoms with Crippen molar-refractivity contribution >= 4 is 11.5 Å². The molecule has 3 nitrogen and oxygen atoms in total. The van der Waals surface area contributed by atoms with Crippen LogP contribution >= 0.6 is 0 Å². The van der Waals surface area contributed by atoms with Crippen LogP contribution in [0.1, 0.15) is 26.3 Å². The Hall–Kier alpha value is -1.25. The van der Waals surface area contributed by atoms with Crippen LogP contribution in [0.15, 0.2) is 12.3 Å². The van der Waals surface area contributed by atoms with Gasteiger partial charge in [0, 0.05) is 12.7 Å². The van der Waals surface area contributed by atoms with Gasteiger partial charge in [-0.25, -0.2) is 4.98 Å². The molecule has 0 radical (unpaired) electrons. The SMILES string of the molecule is Cc1cnc(NCC(C)(C)C)c(N)c1. The smallest absolute Gasteiger partial charge is 0.149 e. The van der Waals surface area contributed by atoms with Crippen molar-refractivity contribution in [2.75, 3.05) is 17.6 Å². The Morgan fingerprint density at radius 3 is 2.57 bits per heavy atom. The van der Waals surface area contributed by atoms with Crippen molar-refractivity contribution in [3.8, 4) is 0 Å². The first-order valence-corrected chi connectivity index (χ1v) is 4.84. The number of aryl methyl sites for hydroxylation is 1. The minimum Gasteiger partial charge on any atom is -0.396 e. The van der Waals surface area contributed by atoms with Crippen molar-refractivity contribution in [2.24, 2.45) is 5.41 Å². The molecule has 0 aliphatic rings. The zero-order chi connectivity index (χ0) is 10.8. The highest BCUT2D eigenvalue weighted by Gasteiger charge is 2.10. The molecule has 0 atom stereocenters. The lowest BCUT2D eigenvalue weighted by molar-refractivity contribution is 0.442. The number of aromatic nitrogens is 1. The third-order valence-electron chi connectivity index (χ3n) is 1.84. The number of rotatable bonds is 2. The largest absolute Gasteiger partial charge is 0.396 e. The summed E-state index contributed by atoms with van der Waals surface area (Å²) in [6.07, 6.45) is 1.82. The molecule has 3 N–H and O–H groups in total. The summed E-state index contributed by atoms with van der Waals surface area (Å²) < 4.78 is 0. The molecule has 0 fully saturated rings. The molecule has 0 bridgehead atoms. The molecule has 0 unspecified atom stereocenters. The molecule has 1 aromatic rings. The lowest BCUT2D eigenvalue weighted by Crippen LogP contribution is -2.20. The van der Waals surface area contributed by atoms with Gasteiger partial charge in [-0.15, -0.1) is 0 Å². The number of nitrogens with zero attached hydrogens (tertiary/aromatic N) is 1. The zero-order valence-electron chi connectivity index (χ0n) is 9.39. The van der Waals surface area contributed by atoms with E-state index in [0.717, 1.165) is 17.9 Å². The Morgan fingerprint density at radius 1 is 1.43 bits per heavy atom. The van der Waals surface area contributed by atoms with E-state index >= 15 is 0 Å². The van der Waals surface area contributed by atoms with E-state index in [1.807, 2.05) is 19.2 Å². The summed E-state index contributed by atoms with van der Waals surface area (Å²) in [5.74, 6) is 0.783. The molecule has 0 amide bonds. The zero-order valence-corrected chi connectivity index (χ0v) is 9.39. The lowest BCUT2D eigenvalue weighted by Gasteiger charge is -2.19. The van der Waals surface area contributed by atoms with Crippen LogP contribution in [0.5, 0.6) is 0 Å². The highest BCUT2D eigenvalue weighted by atomic mass is 15.0. The summed E-state index contributed by atoms with van der Waals surface area (Å²) in [7, 11) is 0. The molecule has 0 aromatic carbocycles. The highest BCUT2D eigenvalue weighted by Crippen LogP contribution is 2.19. The summed E-state index contributed by atoms with van der Waals surface area (Å²) in [6.45, 7) is 9.36. The Labute approximate surface area is 85.7 Å². The van der Waals surface area contributed by atoms with E-state index in [9.17, 15) is 0 Å². The second kappa shape index (κ2) is 3.86. The molecule has 0 aliphatic carbocycles. The van der Waals surface area contributed by atoms with Crippen LogP contribution in [-0.4, -0.2) is 11.5 Å². The van der Waals surface area contributed by atoms with Crippen molar-refractivity contribution in [3.05, 3.63) is 17.8 Å². The Bertz CT molecular complexity index is 313. The summed E-state index contributed by atoms with van der Waals surface area (Å²) >= 11 is 0. The first kappa shape index (κ1) is 10.8. The first-order valence-electron chi connectivity index (χ1n) is 4.84. The quantitative estimate of drug-likeness (QED) is 0.758. The van der Waals surface area contributed by atoms with Crippen molar-refractivity contribution in [1.29, 1.82) is 0 Å². The maximum Gasteiger partial charge on any atom is 0.149 e. The fraction of sp³-hybridized carbons (Fsp3) is 0.545. The van der Waals surface area contributed by atoms with E-state index in [1.165, 1.54) is 0 Å². The average Bonchev–Trinajstić information content (AvgIpc) is 2.00. The maximum atomic E-state index is 5.83. The summed E-state index contributed by atoms with van der Waals surface area (Å²) in [6, 6.07) is 1.93. The predicted octanol–water partition coefficient (Wildman–Crippen LogP) is 2.43. The predicted molar refractivity (Wildman–Crippen MR) is 61.3 cm³/mol. The van der Waals surface area contributed by atoms with Crippen LogP contribution in [-0.2, 0) is 0 Å². The van der Waals surface area contributed by atoms with Gasteiger partial charge in [0.05, 0.1) is 5.69 Å². The van der Waals surface area contributed by atoms with Crippen molar-refractivity contribution < 1.29 is 0 Å². The van der Waals surface area contributed by atoms with Gasteiger partial charge in [-0.3, -0.25) is 0 Å². The van der Waals surface area contributed by atoms with Crippen LogP contribution < -0.4 is 11.1 Å². The van der Waals surface area contributed by atoms with E-state index < -0.39 is 0 Å². The number of hydrogen-bond acceptors (Lipinski definition) is 3. The third kappa shape index (κ3) is 3.24. The van der Waals surface area contributed by atoms with Crippen LogP contribution in [0.2, 0.25) is 0 Å². The molecular formula is C11H19N3. The molecular weight excluding hydrogens is 174 g/mol. The molecule has 0 spiro atoms. The highest BCUT2D eigenvalue weighted by molar-refractivity contribution is 5.61. The van der Waals surface area contributed by atoms with Gasteiger partial charge in [0.1, 0.15) is 5.82 Å². The Kier molecular flexibility index (Phi) is 2.99. The summed E-state index contributed by atoms with van der Waals surface area (Å²) in [5.41, 5.74) is 7.86. The third-order valence-corrected chi connectivity index (χ3v) is 1.84. The fourth-order valence-electron chi connectivity index (χ4n) is 1.09. The minimum atomic E-state index is 0.235. The molecule has 1 rings (SSSR count). The van der Waals surface area contributed by atoms with Gasteiger partial charge in [-0.05, 0) is 24.0 Å². The summed E-state index contributed by atoms with van der Waals surface area (Å²) in [5, 5.41) is 3.24. The van der Waals surface area contributed by atoms with Gasteiger partial charge in [0.25, 0.3) is 0 Å². The molecule has 14 heavy (non-hydrogen) atoms. The van der Waals surface area contributed by atoms with Gasteiger partial charge in [-0.1, -0.05) is 20.8 Å². The molecule has 1 aromatic heterocycles. The van der Waals surface area contributed by atoms with Gasteiger partial charge in [0.15, 0.2) is 0 Å². The standard InChI is InChI=1S/C11H19N3/c1-8-5-9(12)10(13-6-8)14-7-11(2,3)4/h5-6H,7,12H2,1-4H3,(H,13,14). The van der Waals surface area contributed by atoms with E-state index in [0.29, 0.717) is 5.69 Å². The normalized spacial score (nSPS) is 11.4. The van der Waals surface area contributed by atoms with Crippen molar-refractivity contribution in [1.82, 2.24) is 4.98 Å². The number of nitrogens with one attached hydrogen (secondary N) is 1. The van der Waals surface area contributed by atoms with E-state index in [2.05, 4.69) is 31.1 Å². The maximum absolute atomic E-state index is 5.83. The van der Waals surface area contributed by atoms with Gasteiger partial charge in [0.2, 0.25) is 0 Å². The second-order valence-corrected chi connectivity index (χ2v) is 4.86. The fourth-order valence-corrected chi connectivity index (χ4v) is 1.09. The molecule has 3 heteroatoms. The van der Waals surface area contributed by atoms with Crippen LogP contribution in [0.4, 0.5) is 11.5 Å². The number of pyridine rings is 1. The first-order chi connectivity index (χ1) is 6.38. The molecule has 0 aliphatic heterocycles. The second-order valence-electron chi connectivity index (χ2n) is 4.86. The van der Waals surface area contributed by atoms with E-state index in [-0.39, 0.29) is 5.41 Å².